The van der Waals surface area contributed by atoms with E-state index in [2.05, 4.69) is 0 Å². The molecular formula is C15H6F3N. The third-order valence-corrected chi connectivity index (χ3v) is 3.11. The van der Waals surface area contributed by atoms with Crippen LogP contribution in [-0.2, 0) is 0 Å². The molecule has 3 aromatic rings. The van der Waals surface area contributed by atoms with E-state index in [4.69, 9.17) is 5.26 Å². The molecule has 0 saturated carbocycles. The number of nitriles is 1. The second kappa shape index (κ2) is 3.99. The molecule has 19 heavy (non-hydrogen) atoms. The van der Waals surface area contributed by atoms with Gasteiger partial charge in [-0.15, -0.1) is 0 Å². The molecule has 0 aromatic heterocycles. The first-order valence-corrected chi connectivity index (χ1v) is 5.52. The van der Waals surface area contributed by atoms with E-state index in [9.17, 15) is 13.2 Å². The highest BCUT2D eigenvalue weighted by Crippen LogP contribution is 2.30. The molecule has 1 nitrogen and oxygen atoms in total. The molecule has 0 heterocycles. The summed E-state index contributed by atoms with van der Waals surface area (Å²) in [4.78, 5) is 0. The number of benzene rings is 3. The zero-order valence-corrected chi connectivity index (χ0v) is 9.55. The van der Waals surface area contributed by atoms with Gasteiger partial charge in [-0.2, -0.15) is 5.26 Å². The van der Waals surface area contributed by atoms with Crippen molar-refractivity contribution in [2.75, 3.05) is 0 Å². The van der Waals surface area contributed by atoms with Gasteiger partial charge in [-0.25, -0.2) is 13.2 Å². The van der Waals surface area contributed by atoms with Gasteiger partial charge in [0.05, 0.1) is 5.56 Å². The van der Waals surface area contributed by atoms with E-state index >= 15 is 0 Å². The fourth-order valence-corrected chi connectivity index (χ4v) is 2.18. The quantitative estimate of drug-likeness (QED) is 0.435. The molecule has 0 amide bonds. The van der Waals surface area contributed by atoms with Crippen LogP contribution in [0.3, 0.4) is 0 Å². The first-order chi connectivity index (χ1) is 9.13. The third-order valence-electron chi connectivity index (χ3n) is 3.11. The van der Waals surface area contributed by atoms with Gasteiger partial charge < -0.3 is 0 Å². The second-order valence-electron chi connectivity index (χ2n) is 4.17. The molecule has 4 heteroatoms. The van der Waals surface area contributed by atoms with E-state index in [-0.39, 0.29) is 10.8 Å². The smallest absolute Gasteiger partial charge is 0.196 e. The van der Waals surface area contributed by atoms with Crippen molar-refractivity contribution < 1.29 is 13.2 Å². The molecule has 0 atom stereocenters. The molecule has 0 aliphatic heterocycles. The van der Waals surface area contributed by atoms with Crippen LogP contribution in [-0.4, -0.2) is 0 Å². The molecule has 0 aliphatic carbocycles. The van der Waals surface area contributed by atoms with E-state index in [1.807, 2.05) is 0 Å². The Kier molecular flexibility index (Phi) is 2.42. The lowest BCUT2D eigenvalue weighted by Gasteiger charge is -2.07. The van der Waals surface area contributed by atoms with Crippen LogP contribution in [0.15, 0.2) is 36.4 Å². The zero-order valence-electron chi connectivity index (χ0n) is 9.55. The molecule has 0 fully saturated rings. The Morgan fingerprint density at radius 1 is 0.789 bits per heavy atom. The zero-order chi connectivity index (χ0) is 13.6. The summed E-state index contributed by atoms with van der Waals surface area (Å²) < 4.78 is 40.7. The summed E-state index contributed by atoms with van der Waals surface area (Å²) in [6, 6.07) is 11.5. The lowest BCUT2D eigenvalue weighted by atomic mass is 9.99. The van der Waals surface area contributed by atoms with Gasteiger partial charge in [0.25, 0.3) is 0 Å². The Bertz CT molecular complexity index is 863. The van der Waals surface area contributed by atoms with Crippen LogP contribution in [0.5, 0.6) is 0 Å². The lowest BCUT2D eigenvalue weighted by Crippen LogP contribution is -1.97. The summed E-state index contributed by atoms with van der Waals surface area (Å²) in [5.74, 6) is -4.32. The standard InChI is InChI=1S/C15H6F3N/c16-13-11-6-9-4-2-1-3-8(9)5-10(11)12(7-19)14(17)15(13)18/h1-6H. The van der Waals surface area contributed by atoms with Gasteiger partial charge in [0, 0.05) is 10.8 Å². The molecule has 0 aliphatic rings. The predicted octanol–water partition coefficient (Wildman–Crippen LogP) is 4.28. The minimum absolute atomic E-state index is 0.0811. The highest BCUT2D eigenvalue weighted by atomic mass is 19.2. The van der Waals surface area contributed by atoms with Crippen LogP contribution in [0.25, 0.3) is 21.5 Å². The molecule has 0 saturated heterocycles. The highest BCUT2D eigenvalue weighted by molar-refractivity contribution is 6.00. The maximum Gasteiger partial charge on any atom is 0.196 e. The number of nitrogens with zero attached hydrogens (tertiary/aromatic N) is 1. The Balaban J connectivity index is 2.61. The van der Waals surface area contributed by atoms with Crippen LogP contribution in [0, 0.1) is 28.8 Å². The normalized spacial score (nSPS) is 10.8. The molecule has 92 valence electrons. The van der Waals surface area contributed by atoms with Crippen molar-refractivity contribution >= 4 is 21.5 Å². The minimum Gasteiger partial charge on any atom is -0.203 e. The van der Waals surface area contributed by atoms with Gasteiger partial charge in [0.1, 0.15) is 6.07 Å². The van der Waals surface area contributed by atoms with Gasteiger partial charge in [-0.05, 0) is 22.9 Å². The van der Waals surface area contributed by atoms with Gasteiger partial charge >= 0.3 is 0 Å². The summed E-state index contributed by atoms with van der Waals surface area (Å²) in [7, 11) is 0. The number of halogens is 3. The average Bonchev–Trinajstić information content (AvgIpc) is 2.44. The van der Waals surface area contributed by atoms with Crippen molar-refractivity contribution in [2.24, 2.45) is 0 Å². The van der Waals surface area contributed by atoms with Crippen LogP contribution < -0.4 is 0 Å². The van der Waals surface area contributed by atoms with Crippen molar-refractivity contribution in [3.63, 3.8) is 0 Å². The Hall–Kier alpha value is -2.54. The first kappa shape index (κ1) is 11.5. The van der Waals surface area contributed by atoms with Crippen molar-refractivity contribution in [1.29, 1.82) is 5.26 Å². The van der Waals surface area contributed by atoms with E-state index in [0.29, 0.717) is 5.39 Å². The molecule has 3 aromatic carbocycles. The summed E-state index contributed by atoms with van der Waals surface area (Å²) in [6.45, 7) is 0. The number of fused-ring (bicyclic) bond motifs is 2. The average molecular weight is 257 g/mol. The maximum absolute atomic E-state index is 13.8. The fraction of sp³-hybridized carbons (Fsp3) is 0. The van der Waals surface area contributed by atoms with Crippen LogP contribution >= 0.6 is 0 Å². The second-order valence-corrected chi connectivity index (χ2v) is 4.17. The van der Waals surface area contributed by atoms with Gasteiger partial charge in [-0.3, -0.25) is 0 Å². The molecule has 0 spiro atoms. The van der Waals surface area contributed by atoms with Crippen molar-refractivity contribution in [3.8, 4) is 6.07 Å². The molecule has 0 bridgehead atoms. The summed E-state index contributed by atoms with van der Waals surface area (Å²) >= 11 is 0. The summed E-state index contributed by atoms with van der Waals surface area (Å²) in [5, 5.41) is 10.3. The molecular weight excluding hydrogens is 251 g/mol. The lowest BCUT2D eigenvalue weighted by molar-refractivity contribution is 0.452. The Labute approximate surface area is 106 Å². The molecule has 0 radical (unpaired) electrons. The largest absolute Gasteiger partial charge is 0.203 e. The Morgan fingerprint density at radius 3 is 1.95 bits per heavy atom. The topological polar surface area (TPSA) is 23.8 Å². The van der Waals surface area contributed by atoms with Crippen molar-refractivity contribution in [3.05, 3.63) is 59.4 Å². The van der Waals surface area contributed by atoms with Crippen molar-refractivity contribution in [1.82, 2.24) is 0 Å². The van der Waals surface area contributed by atoms with E-state index in [1.54, 1.807) is 30.3 Å². The minimum atomic E-state index is -1.61. The fourth-order valence-electron chi connectivity index (χ4n) is 2.18. The van der Waals surface area contributed by atoms with Gasteiger partial charge in [-0.1, -0.05) is 24.3 Å². The summed E-state index contributed by atoms with van der Waals surface area (Å²) in [6.07, 6.45) is 0. The van der Waals surface area contributed by atoms with Gasteiger partial charge in [0.15, 0.2) is 17.5 Å². The SMILES string of the molecule is N#Cc1c(F)c(F)c(F)c2cc3ccccc3cc12. The van der Waals surface area contributed by atoms with E-state index in [0.717, 1.165) is 5.39 Å². The number of rotatable bonds is 0. The molecule has 0 unspecified atom stereocenters. The number of hydrogen-bond donors (Lipinski definition) is 0. The van der Waals surface area contributed by atoms with Crippen molar-refractivity contribution in [2.45, 2.75) is 0 Å². The predicted molar refractivity (Wildman–Crippen MR) is 66.0 cm³/mol. The molecule has 3 rings (SSSR count). The van der Waals surface area contributed by atoms with Gasteiger partial charge in [0.2, 0.25) is 0 Å². The number of hydrogen-bond acceptors (Lipinski definition) is 1. The third kappa shape index (κ3) is 1.55. The monoisotopic (exact) mass is 257 g/mol. The first-order valence-electron chi connectivity index (χ1n) is 5.52. The van der Waals surface area contributed by atoms with E-state index in [1.165, 1.54) is 12.1 Å². The maximum atomic E-state index is 13.8. The van der Waals surface area contributed by atoms with E-state index < -0.39 is 23.0 Å². The van der Waals surface area contributed by atoms with Crippen LogP contribution in [0.4, 0.5) is 13.2 Å². The van der Waals surface area contributed by atoms with Crippen LogP contribution in [0.1, 0.15) is 5.56 Å². The van der Waals surface area contributed by atoms with Crippen LogP contribution in [0.2, 0.25) is 0 Å². The Morgan fingerprint density at radius 2 is 1.37 bits per heavy atom. The highest BCUT2D eigenvalue weighted by Gasteiger charge is 2.20. The molecule has 0 N–H and O–H groups in total. The summed E-state index contributed by atoms with van der Waals surface area (Å²) in [5.41, 5.74) is -0.473.